The second kappa shape index (κ2) is 23.5. The minimum Gasteiger partial charge on any atom is -0.481 e. The molecule has 384 valence electrons. The number of pyridine rings is 2. The molecule has 2 aliphatic heterocycles. The summed E-state index contributed by atoms with van der Waals surface area (Å²) in [5.41, 5.74) is 3.62. The second-order valence-electron chi connectivity index (χ2n) is 17.4. The molecule has 23 heteroatoms. The first kappa shape index (κ1) is 56.4. The summed E-state index contributed by atoms with van der Waals surface area (Å²) >= 11 is 38.9. The number of carboxylic acid groups (broad SMARTS) is 1. The summed E-state index contributed by atoms with van der Waals surface area (Å²) in [4.78, 5) is 74.0. The standard InChI is InChI=1S/C25H23Cl3N4O4.C20H15Cl3N4O2.C5H10O3/c1-13-12-30-23-17(8-9-18(33)36-25(2,3)24(34)35-4)31-21(16-7-5-6-10-29-16)14-11-15(26)19(27)20(28)22(14)32(13)23;1-10-9-25-20-14(5-6-15(28)29)26-18(13-4-2-3-7-24-13)11-8-12(21)16(22)17(23)19(11)27(10)20;1-5(2,7)4(6)8-3/h5-7,10-12,17H,8-9H2,1-4H3;2-4,7-9,14H,5-6H2,1H3,(H,28,29);7H,1-3H3/t17-;14-;/m00./s1. The second-order valence-corrected chi connectivity index (χ2v) is 19.7. The zero-order valence-corrected chi connectivity index (χ0v) is 45.0. The number of aliphatic carboxylic acids is 1. The lowest BCUT2D eigenvalue weighted by Crippen LogP contribution is -2.38. The molecule has 0 fully saturated rings. The van der Waals surface area contributed by atoms with Crippen molar-refractivity contribution in [2.24, 2.45) is 9.98 Å². The van der Waals surface area contributed by atoms with Gasteiger partial charge in [-0.15, -0.1) is 0 Å². The van der Waals surface area contributed by atoms with Crippen molar-refractivity contribution in [2.75, 3.05) is 14.2 Å². The molecule has 2 atom stereocenters. The van der Waals surface area contributed by atoms with E-state index in [2.05, 4.69) is 24.7 Å². The molecule has 2 aromatic carbocycles. The van der Waals surface area contributed by atoms with Gasteiger partial charge < -0.3 is 24.4 Å². The molecule has 2 N–H and O–H groups in total. The Morgan fingerprint density at radius 3 is 1.41 bits per heavy atom. The third kappa shape index (κ3) is 12.5. The van der Waals surface area contributed by atoms with Crippen molar-refractivity contribution in [1.29, 1.82) is 0 Å². The van der Waals surface area contributed by atoms with Crippen LogP contribution in [0.2, 0.25) is 30.1 Å². The number of aliphatic imine (C=N–C) groups is 2. The number of ether oxygens (including phenoxy) is 3. The molecule has 0 saturated carbocycles. The van der Waals surface area contributed by atoms with E-state index in [9.17, 15) is 24.3 Å². The zero-order chi connectivity index (χ0) is 53.7. The number of fused-ring (bicyclic) bond motifs is 6. The number of rotatable bonds is 11. The van der Waals surface area contributed by atoms with E-state index in [-0.39, 0.29) is 50.8 Å². The molecule has 4 aromatic heterocycles. The maximum atomic E-state index is 12.7. The number of aryl methyl sites for hydroxylation is 2. The predicted octanol–water partition coefficient (Wildman–Crippen LogP) is 10.9. The number of carbonyl (C=O) groups excluding carboxylic acids is 3. The minimum atomic E-state index is -1.41. The lowest BCUT2D eigenvalue weighted by Gasteiger charge is -2.22. The summed E-state index contributed by atoms with van der Waals surface area (Å²) in [6, 6.07) is 13.3. The summed E-state index contributed by atoms with van der Waals surface area (Å²) in [6.45, 7) is 9.47. The number of hydrogen-bond acceptors (Lipinski definition) is 14. The lowest BCUT2D eigenvalue weighted by molar-refractivity contribution is -0.176. The first-order chi connectivity index (χ1) is 34.4. The number of benzene rings is 2. The van der Waals surface area contributed by atoms with Gasteiger partial charge in [-0.3, -0.25) is 38.7 Å². The van der Waals surface area contributed by atoms with E-state index >= 15 is 0 Å². The molecule has 8 rings (SSSR count). The monoisotopic (exact) mass is 1110 g/mol. The van der Waals surface area contributed by atoms with Gasteiger partial charge in [-0.2, -0.15) is 0 Å². The molecule has 0 amide bonds. The van der Waals surface area contributed by atoms with Gasteiger partial charge in [-0.25, -0.2) is 19.6 Å². The Hall–Kier alpha value is -5.92. The lowest BCUT2D eigenvalue weighted by atomic mass is 10.0. The van der Waals surface area contributed by atoms with Crippen molar-refractivity contribution in [3.63, 3.8) is 0 Å². The number of aromatic nitrogens is 6. The van der Waals surface area contributed by atoms with E-state index in [4.69, 9.17) is 94.2 Å². The topological polar surface area (TPSA) is 223 Å². The van der Waals surface area contributed by atoms with Gasteiger partial charge in [0.15, 0.2) is 5.60 Å². The van der Waals surface area contributed by atoms with Crippen LogP contribution in [-0.4, -0.2) is 100 Å². The van der Waals surface area contributed by atoms with Gasteiger partial charge in [0.05, 0.1) is 78.5 Å². The van der Waals surface area contributed by atoms with Gasteiger partial charge in [0.2, 0.25) is 5.60 Å². The van der Waals surface area contributed by atoms with Crippen molar-refractivity contribution < 1.29 is 43.6 Å². The number of imidazole rings is 2. The largest absolute Gasteiger partial charge is 0.481 e. The number of methoxy groups -OCH3 is 2. The number of esters is 3. The van der Waals surface area contributed by atoms with Crippen LogP contribution >= 0.6 is 69.6 Å². The van der Waals surface area contributed by atoms with E-state index in [1.165, 1.54) is 41.9 Å². The molecule has 0 aliphatic carbocycles. The van der Waals surface area contributed by atoms with E-state index < -0.39 is 47.2 Å². The van der Waals surface area contributed by atoms with Gasteiger partial charge >= 0.3 is 23.9 Å². The third-order valence-electron chi connectivity index (χ3n) is 11.1. The molecule has 0 bridgehead atoms. The van der Waals surface area contributed by atoms with Crippen LogP contribution in [0.25, 0.3) is 11.4 Å². The highest BCUT2D eigenvalue weighted by molar-refractivity contribution is 6.50. The molecule has 0 saturated heterocycles. The molecule has 73 heavy (non-hydrogen) atoms. The van der Waals surface area contributed by atoms with E-state index in [1.54, 1.807) is 49.1 Å². The van der Waals surface area contributed by atoms with Crippen molar-refractivity contribution >= 4 is 105 Å². The van der Waals surface area contributed by atoms with Gasteiger partial charge in [-0.1, -0.05) is 81.7 Å². The Morgan fingerprint density at radius 1 is 0.630 bits per heavy atom. The summed E-state index contributed by atoms with van der Waals surface area (Å²) in [5, 5.41) is 19.6. The van der Waals surface area contributed by atoms with E-state index in [0.29, 0.717) is 62.0 Å². The number of hydrogen-bond donors (Lipinski definition) is 2. The van der Waals surface area contributed by atoms with Crippen LogP contribution in [0.4, 0.5) is 0 Å². The molecule has 6 heterocycles. The van der Waals surface area contributed by atoms with Crippen molar-refractivity contribution in [1.82, 2.24) is 29.1 Å². The number of aliphatic hydroxyl groups is 1. The van der Waals surface area contributed by atoms with Gasteiger partial charge in [0.1, 0.15) is 23.7 Å². The Bertz CT molecular complexity index is 3140. The molecule has 6 aromatic rings. The Kier molecular flexibility index (Phi) is 18.2. The number of carbonyl (C=O) groups is 4. The van der Waals surface area contributed by atoms with Crippen molar-refractivity contribution in [3.8, 4) is 11.4 Å². The van der Waals surface area contributed by atoms with Gasteiger partial charge in [0.25, 0.3) is 0 Å². The molecule has 0 unspecified atom stereocenters. The van der Waals surface area contributed by atoms with Crippen molar-refractivity contribution in [3.05, 3.63) is 149 Å². The highest BCUT2D eigenvalue weighted by Gasteiger charge is 2.36. The fourth-order valence-corrected chi connectivity index (χ4v) is 9.06. The van der Waals surface area contributed by atoms with Crippen LogP contribution in [0.5, 0.6) is 0 Å². The minimum absolute atomic E-state index is 0.0262. The Balaban J connectivity index is 0.000000210. The molecular weight excluding hydrogens is 1070 g/mol. The third-order valence-corrected chi connectivity index (χ3v) is 13.6. The fourth-order valence-electron chi connectivity index (χ4n) is 7.69. The number of nitrogens with zero attached hydrogens (tertiary/aromatic N) is 8. The highest BCUT2D eigenvalue weighted by atomic mass is 35.5. The SMILES string of the molecule is COC(=O)C(C)(C)O.COC(=O)C(C)(C)OC(=O)CC[C@@H]1N=C(c2ccccn2)c2cc(Cl)c(Cl)c(Cl)c2-n2c(C)cnc21.Cc1cnc2n1-c1c(cc(Cl)c(Cl)c1Cl)C(c1ccccn1)=N[C@H]2CCC(=O)O. The number of halogens is 6. The maximum Gasteiger partial charge on any atom is 0.349 e. The quantitative estimate of drug-likeness (QED) is 0.0701. The van der Waals surface area contributed by atoms with E-state index in [1.807, 2.05) is 47.2 Å². The van der Waals surface area contributed by atoms with Crippen molar-refractivity contribution in [2.45, 2.75) is 90.5 Å². The summed E-state index contributed by atoms with van der Waals surface area (Å²) in [5.74, 6) is -1.57. The molecule has 0 radical (unpaired) electrons. The van der Waals surface area contributed by atoms with E-state index in [0.717, 1.165) is 11.4 Å². The maximum absolute atomic E-state index is 12.7. The van der Waals surface area contributed by atoms with Gasteiger partial charge in [0, 0.05) is 60.1 Å². The zero-order valence-electron chi connectivity index (χ0n) is 40.5. The first-order valence-electron chi connectivity index (χ1n) is 22.2. The Labute approximate surface area is 450 Å². The van der Waals surface area contributed by atoms with Crippen LogP contribution < -0.4 is 0 Å². The normalized spacial score (nSPS) is 14.6. The van der Waals surface area contributed by atoms with Gasteiger partial charge in [-0.05, 0) is 90.8 Å². The van der Waals surface area contributed by atoms with Crippen LogP contribution in [0.3, 0.4) is 0 Å². The van der Waals surface area contributed by atoms with Crippen LogP contribution in [0.1, 0.15) is 111 Å². The Morgan fingerprint density at radius 2 is 1.05 bits per heavy atom. The summed E-state index contributed by atoms with van der Waals surface area (Å²) < 4.78 is 18.0. The fraction of sp³-hybridized carbons (Fsp3) is 0.320. The van der Waals surface area contributed by atoms with Crippen LogP contribution in [0.15, 0.2) is 83.3 Å². The average molecular weight is 1120 g/mol. The highest BCUT2D eigenvalue weighted by Crippen LogP contribution is 2.44. The number of carboxylic acids is 1. The summed E-state index contributed by atoms with van der Waals surface area (Å²) in [6.07, 6.45) is 7.16. The van der Waals surface area contributed by atoms with Crippen LogP contribution in [0, 0.1) is 13.8 Å². The molecular formula is C50H48Cl6N8O9. The molecule has 2 aliphatic rings. The molecule has 0 spiro atoms. The smallest absolute Gasteiger partial charge is 0.349 e. The average Bonchev–Trinajstić information content (AvgIpc) is 3.84. The first-order valence-corrected chi connectivity index (χ1v) is 24.4. The molecule has 17 nitrogen and oxygen atoms in total. The predicted molar refractivity (Wildman–Crippen MR) is 279 cm³/mol. The van der Waals surface area contributed by atoms with Crippen LogP contribution in [-0.2, 0) is 33.4 Å². The summed E-state index contributed by atoms with van der Waals surface area (Å²) in [7, 11) is 2.47.